The second-order valence-electron chi connectivity index (χ2n) is 3.68. The van der Waals surface area contributed by atoms with Crippen molar-refractivity contribution in [2.45, 2.75) is 12.5 Å². The van der Waals surface area contributed by atoms with E-state index in [2.05, 4.69) is 26.2 Å². The number of nitrogens with zero attached hydrogens (tertiary/aromatic N) is 1. The molecule has 0 saturated carbocycles. The van der Waals surface area contributed by atoms with Gasteiger partial charge in [-0.25, -0.2) is 0 Å². The number of nitrogens with one attached hydrogen (secondary N) is 1. The number of halogens is 1. The van der Waals surface area contributed by atoms with Gasteiger partial charge in [0.25, 0.3) is 0 Å². The van der Waals surface area contributed by atoms with Crippen LogP contribution in [0.3, 0.4) is 0 Å². The highest BCUT2D eigenvalue weighted by Gasteiger charge is 2.18. The van der Waals surface area contributed by atoms with Crippen LogP contribution in [0.15, 0.2) is 22.9 Å². The van der Waals surface area contributed by atoms with E-state index in [1.54, 1.807) is 24.2 Å². The van der Waals surface area contributed by atoms with Crippen molar-refractivity contribution in [3.63, 3.8) is 0 Å². The summed E-state index contributed by atoms with van der Waals surface area (Å²) in [5, 5.41) is 13.1. The van der Waals surface area contributed by atoms with Crippen LogP contribution in [-0.4, -0.2) is 34.2 Å². The molecule has 5 heteroatoms. The molecule has 3 nitrogen and oxygen atoms in total. The first kappa shape index (κ1) is 12.8. The van der Waals surface area contributed by atoms with Crippen LogP contribution >= 0.6 is 27.7 Å². The Kier molecular flexibility index (Phi) is 4.89. The lowest BCUT2D eigenvalue weighted by atomic mass is 10.1. The number of rotatable bonds is 5. The third kappa shape index (κ3) is 4.86. The molecule has 2 N–H and O–H groups in total. The molecule has 1 atom stereocenters. The van der Waals surface area contributed by atoms with Crippen molar-refractivity contribution in [1.82, 2.24) is 4.98 Å². The van der Waals surface area contributed by atoms with Gasteiger partial charge in [-0.3, -0.25) is 4.98 Å². The molecule has 1 aromatic rings. The number of hydrogen-bond donors (Lipinski definition) is 2. The average Bonchev–Trinajstić information content (AvgIpc) is 2.15. The van der Waals surface area contributed by atoms with Gasteiger partial charge < -0.3 is 10.4 Å². The molecule has 0 amide bonds. The molecule has 0 bridgehead atoms. The molecule has 0 radical (unpaired) electrons. The maximum Gasteiger partial charge on any atom is 0.0880 e. The van der Waals surface area contributed by atoms with Crippen LogP contribution < -0.4 is 5.32 Å². The van der Waals surface area contributed by atoms with E-state index < -0.39 is 5.60 Å². The summed E-state index contributed by atoms with van der Waals surface area (Å²) in [4.78, 5) is 4.03. The van der Waals surface area contributed by atoms with E-state index >= 15 is 0 Å². The third-order valence-corrected chi connectivity index (χ3v) is 3.18. The Morgan fingerprint density at radius 3 is 2.93 bits per heavy atom. The maximum atomic E-state index is 9.93. The SMILES string of the molecule is CSCC(C)(O)CNc1cncc(Br)c1. The summed E-state index contributed by atoms with van der Waals surface area (Å²) < 4.78 is 0.928. The van der Waals surface area contributed by atoms with Crippen LogP contribution in [-0.2, 0) is 0 Å². The molecule has 1 heterocycles. The van der Waals surface area contributed by atoms with E-state index in [-0.39, 0.29) is 0 Å². The molecule has 84 valence electrons. The Bertz CT molecular complexity index is 320. The summed E-state index contributed by atoms with van der Waals surface area (Å²) in [7, 11) is 0. The topological polar surface area (TPSA) is 45.1 Å². The Labute approximate surface area is 103 Å². The fourth-order valence-corrected chi connectivity index (χ4v) is 2.25. The van der Waals surface area contributed by atoms with Gasteiger partial charge >= 0.3 is 0 Å². The summed E-state index contributed by atoms with van der Waals surface area (Å²) >= 11 is 4.98. The third-order valence-electron chi connectivity index (χ3n) is 1.83. The zero-order valence-corrected chi connectivity index (χ0v) is 11.2. The molecule has 0 aliphatic carbocycles. The fraction of sp³-hybridized carbons (Fsp3) is 0.500. The summed E-state index contributed by atoms with van der Waals surface area (Å²) in [5.41, 5.74) is 0.215. The Hall–Kier alpha value is -0.260. The van der Waals surface area contributed by atoms with Crippen molar-refractivity contribution < 1.29 is 5.11 Å². The molecule has 1 rings (SSSR count). The highest BCUT2D eigenvalue weighted by Crippen LogP contribution is 2.16. The first-order valence-electron chi connectivity index (χ1n) is 4.59. The van der Waals surface area contributed by atoms with E-state index in [0.717, 1.165) is 10.2 Å². The van der Waals surface area contributed by atoms with Gasteiger partial charge in [0.1, 0.15) is 0 Å². The van der Waals surface area contributed by atoms with Crippen LogP contribution in [0.4, 0.5) is 5.69 Å². The molecule has 15 heavy (non-hydrogen) atoms. The second-order valence-corrected chi connectivity index (χ2v) is 5.46. The summed E-state index contributed by atoms with van der Waals surface area (Å²) in [6.07, 6.45) is 5.44. The van der Waals surface area contributed by atoms with E-state index in [1.165, 1.54) is 0 Å². The van der Waals surface area contributed by atoms with E-state index in [0.29, 0.717) is 12.3 Å². The smallest absolute Gasteiger partial charge is 0.0880 e. The molecular formula is C10H15BrN2OS. The molecule has 0 aromatic carbocycles. The lowest BCUT2D eigenvalue weighted by molar-refractivity contribution is 0.0997. The molecule has 1 aromatic heterocycles. The normalized spacial score (nSPS) is 14.7. The van der Waals surface area contributed by atoms with Gasteiger partial charge in [0, 0.05) is 23.0 Å². The van der Waals surface area contributed by atoms with Gasteiger partial charge in [0.15, 0.2) is 0 Å². The van der Waals surface area contributed by atoms with Gasteiger partial charge in [-0.05, 0) is 35.2 Å². The van der Waals surface area contributed by atoms with Gasteiger partial charge in [0.2, 0.25) is 0 Å². The number of pyridine rings is 1. The fourth-order valence-electron chi connectivity index (χ4n) is 1.16. The van der Waals surface area contributed by atoms with Gasteiger partial charge in [-0.2, -0.15) is 11.8 Å². The first-order chi connectivity index (χ1) is 7.03. The van der Waals surface area contributed by atoms with Crippen molar-refractivity contribution in [3.05, 3.63) is 22.9 Å². The minimum atomic E-state index is -0.693. The lowest BCUT2D eigenvalue weighted by Gasteiger charge is -2.23. The number of aromatic nitrogens is 1. The number of aliphatic hydroxyl groups is 1. The quantitative estimate of drug-likeness (QED) is 0.874. The molecule has 0 fully saturated rings. The van der Waals surface area contributed by atoms with Crippen LogP contribution in [0.5, 0.6) is 0 Å². The maximum absolute atomic E-state index is 9.93. The highest BCUT2D eigenvalue weighted by molar-refractivity contribution is 9.10. The minimum Gasteiger partial charge on any atom is -0.387 e. The van der Waals surface area contributed by atoms with Crippen molar-refractivity contribution >= 4 is 33.4 Å². The summed E-state index contributed by atoms with van der Waals surface area (Å²) in [6.45, 7) is 2.34. The van der Waals surface area contributed by atoms with Crippen molar-refractivity contribution in [3.8, 4) is 0 Å². The molecule has 0 aliphatic rings. The van der Waals surface area contributed by atoms with Crippen LogP contribution in [0, 0.1) is 0 Å². The van der Waals surface area contributed by atoms with Crippen molar-refractivity contribution in [1.29, 1.82) is 0 Å². The molecule has 0 aliphatic heterocycles. The van der Waals surface area contributed by atoms with Crippen molar-refractivity contribution in [2.24, 2.45) is 0 Å². The Morgan fingerprint density at radius 2 is 2.33 bits per heavy atom. The zero-order valence-electron chi connectivity index (χ0n) is 8.83. The average molecular weight is 291 g/mol. The van der Waals surface area contributed by atoms with Crippen LogP contribution in [0.2, 0.25) is 0 Å². The van der Waals surface area contributed by atoms with Crippen LogP contribution in [0.25, 0.3) is 0 Å². The predicted octanol–water partition coefficient (Wildman–Crippen LogP) is 2.37. The molecule has 0 spiro atoms. The van der Waals surface area contributed by atoms with Gasteiger partial charge in [0.05, 0.1) is 17.5 Å². The standard InChI is InChI=1S/C10H15BrN2OS/c1-10(14,7-15-2)6-13-9-3-8(11)4-12-5-9/h3-5,13-14H,6-7H2,1-2H3. The number of hydrogen-bond acceptors (Lipinski definition) is 4. The lowest BCUT2D eigenvalue weighted by Crippen LogP contribution is -2.36. The summed E-state index contributed by atoms with van der Waals surface area (Å²) in [5.74, 6) is 0.710. The van der Waals surface area contributed by atoms with E-state index in [4.69, 9.17) is 0 Å². The number of anilines is 1. The van der Waals surface area contributed by atoms with Crippen LogP contribution in [0.1, 0.15) is 6.92 Å². The minimum absolute atomic E-state index is 0.520. The first-order valence-corrected chi connectivity index (χ1v) is 6.78. The molecular weight excluding hydrogens is 276 g/mol. The van der Waals surface area contributed by atoms with E-state index in [9.17, 15) is 5.11 Å². The number of thioether (sulfide) groups is 1. The highest BCUT2D eigenvalue weighted by atomic mass is 79.9. The van der Waals surface area contributed by atoms with Gasteiger partial charge in [-0.15, -0.1) is 0 Å². The van der Waals surface area contributed by atoms with Gasteiger partial charge in [-0.1, -0.05) is 0 Å². The summed E-state index contributed by atoms with van der Waals surface area (Å²) in [6, 6.07) is 1.93. The Balaban J connectivity index is 2.49. The zero-order chi connectivity index (χ0) is 11.3. The van der Waals surface area contributed by atoms with E-state index in [1.807, 2.05) is 19.2 Å². The predicted molar refractivity (Wildman–Crippen MR) is 69.4 cm³/mol. The monoisotopic (exact) mass is 290 g/mol. The largest absolute Gasteiger partial charge is 0.387 e. The molecule has 1 unspecified atom stereocenters. The second kappa shape index (κ2) is 5.72. The molecule has 0 saturated heterocycles. The van der Waals surface area contributed by atoms with Crippen molar-refractivity contribution in [2.75, 3.05) is 23.9 Å². The Morgan fingerprint density at radius 1 is 1.60 bits per heavy atom.